The lowest BCUT2D eigenvalue weighted by Crippen LogP contribution is -2.14. The van der Waals surface area contributed by atoms with Crippen LogP contribution in [0.2, 0.25) is 0 Å². The molecule has 3 nitrogen and oxygen atoms in total. The molecule has 0 bridgehead atoms. The molecule has 2 N–H and O–H groups in total. The van der Waals surface area contributed by atoms with Gasteiger partial charge in [0.25, 0.3) is 5.91 Å². The number of para-hydroxylation sites is 1. The molecule has 2 rings (SSSR count). The first-order valence-corrected chi connectivity index (χ1v) is 7.13. The number of hydrogen-bond acceptors (Lipinski definition) is 2. The molecule has 1 amide bonds. The molecule has 1 unspecified atom stereocenters. The molecule has 0 spiro atoms. The Morgan fingerprint density at radius 3 is 2.60 bits per heavy atom. The largest absolute Gasteiger partial charge is 0.389 e. The van der Waals surface area contributed by atoms with Gasteiger partial charge >= 0.3 is 0 Å². The zero-order valence-corrected chi connectivity index (χ0v) is 12.9. The van der Waals surface area contributed by atoms with Crippen LogP contribution in [0.1, 0.15) is 34.5 Å². The minimum absolute atomic E-state index is 0.186. The van der Waals surface area contributed by atoms with Gasteiger partial charge in [0, 0.05) is 21.3 Å². The predicted molar refractivity (Wildman–Crippen MR) is 83.9 cm³/mol. The number of rotatable bonds is 3. The number of carbonyl (C=O) groups is 1. The molecule has 0 aliphatic carbocycles. The van der Waals surface area contributed by atoms with Gasteiger partial charge in [-0.1, -0.05) is 34.1 Å². The second-order valence-electron chi connectivity index (χ2n) is 4.68. The Bertz CT molecular complexity index is 638. The average Bonchev–Trinajstić information content (AvgIpc) is 2.42. The first kappa shape index (κ1) is 14.8. The van der Waals surface area contributed by atoms with Crippen LogP contribution in [-0.4, -0.2) is 11.0 Å². The topological polar surface area (TPSA) is 49.3 Å². The van der Waals surface area contributed by atoms with Crippen LogP contribution in [0.3, 0.4) is 0 Å². The molecule has 2 aromatic rings. The molecule has 0 radical (unpaired) electrons. The Hall–Kier alpha value is -1.65. The predicted octanol–water partition coefficient (Wildman–Crippen LogP) is 4.06. The van der Waals surface area contributed by atoms with Gasteiger partial charge in [-0.3, -0.25) is 4.79 Å². The van der Waals surface area contributed by atoms with Crippen molar-refractivity contribution >= 4 is 27.5 Å². The highest BCUT2D eigenvalue weighted by atomic mass is 79.9. The Kier molecular flexibility index (Phi) is 4.57. The maximum atomic E-state index is 12.2. The molecule has 0 aliphatic heterocycles. The summed E-state index contributed by atoms with van der Waals surface area (Å²) in [5.41, 5.74) is 2.93. The van der Waals surface area contributed by atoms with Crippen LogP contribution < -0.4 is 5.32 Å². The van der Waals surface area contributed by atoms with Crippen LogP contribution in [-0.2, 0) is 0 Å². The van der Waals surface area contributed by atoms with Crippen LogP contribution in [0.5, 0.6) is 0 Å². The Balaban J connectivity index is 2.26. The zero-order valence-electron chi connectivity index (χ0n) is 11.4. The van der Waals surface area contributed by atoms with Crippen molar-refractivity contribution in [2.45, 2.75) is 20.0 Å². The summed E-state index contributed by atoms with van der Waals surface area (Å²) >= 11 is 3.41. The van der Waals surface area contributed by atoms with E-state index in [4.69, 9.17) is 0 Å². The summed E-state index contributed by atoms with van der Waals surface area (Å²) in [7, 11) is 0. The van der Waals surface area contributed by atoms with Crippen LogP contribution in [0, 0.1) is 6.92 Å². The first-order chi connectivity index (χ1) is 9.49. The third-order valence-corrected chi connectivity index (χ3v) is 3.97. The first-order valence-electron chi connectivity index (χ1n) is 6.33. The summed E-state index contributed by atoms with van der Waals surface area (Å²) in [4.78, 5) is 12.2. The summed E-state index contributed by atoms with van der Waals surface area (Å²) in [6.07, 6.45) is -0.627. The minimum atomic E-state index is -0.627. The number of anilines is 1. The van der Waals surface area contributed by atoms with E-state index in [0.717, 1.165) is 10.0 Å². The van der Waals surface area contributed by atoms with E-state index in [9.17, 15) is 9.90 Å². The van der Waals surface area contributed by atoms with Crippen molar-refractivity contribution < 1.29 is 9.90 Å². The van der Waals surface area contributed by atoms with Crippen molar-refractivity contribution in [2.24, 2.45) is 0 Å². The fraction of sp³-hybridized carbons (Fsp3) is 0.188. The molecule has 0 aromatic heterocycles. The maximum absolute atomic E-state index is 12.2. The van der Waals surface area contributed by atoms with Gasteiger partial charge in [0.15, 0.2) is 0 Å². The number of hydrogen-bond donors (Lipinski definition) is 2. The lowest BCUT2D eigenvalue weighted by atomic mass is 10.1. The molecule has 0 saturated carbocycles. The number of amides is 1. The molecule has 0 aliphatic rings. The number of aryl methyl sites for hydroxylation is 1. The summed E-state index contributed by atoms with van der Waals surface area (Å²) in [6.45, 7) is 3.61. The molecule has 0 fully saturated rings. The fourth-order valence-corrected chi connectivity index (χ4v) is 2.20. The third kappa shape index (κ3) is 3.26. The summed E-state index contributed by atoms with van der Waals surface area (Å²) in [6, 6.07) is 12.7. The van der Waals surface area contributed by atoms with Gasteiger partial charge in [-0.05, 0) is 43.7 Å². The number of nitrogens with one attached hydrogen (secondary N) is 1. The number of benzene rings is 2. The molecular weight excluding hydrogens is 318 g/mol. The van der Waals surface area contributed by atoms with E-state index in [-0.39, 0.29) is 5.91 Å². The Morgan fingerprint density at radius 1 is 1.25 bits per heavy atom. The molecule has 2 aromatic carbocycles. The van der Waals surface area contributed by atoms with E-state index >= 15 is 0 Å². The average molecular weight is 334 g/mol. The van der Waals surface area contributed by atoms with Crippen molar-refractivity contribution in [3.05, 3.63) is 63.6 Å². The van der Waals surface area contributed by atoms with Crippen LogP contribution in [0.25, 0.3) is 0 Å². The lowest BCUT2D eigenvalue weighted by Gasteiger charge is -2.13. The highest BCUT2D eigenvalue weighted by Crippen LogP contribution is 2.23. The Labute approximate surface area is 126 Å². The van der Waals surface area contributed by atoms with E-state index in [1.54, 1.807) is 25.1 Å². The SMILES string of the molecule is Cc1cc(C(=O)Nc2ccccc2C(C)O)ccc1Br. The monoisotopic (exact) mass is 333 g/mol. The molecular formula is C16H16BrNO2. The summed E-state index contributed by atoms with van der Waals surface area (Å²) < 4.78 is 0.971. The molecule has 0 heterocycles. The highest BCUT2D eigenvalue weighted by molar-refractivity contribution is 9.10. The van der Waals surface area contributed by atoms with E-state index in [0.29, 0.717) is 16.8 Å². The standard InChI is InChI=1S/C16H16BrNO2/c1-10-9-12(7-8-14(10)17)16(20)18-15-6-4-3-5-13(15)11(2)19/h3-9,11,19H,1-2H3,(H,18,20). The minimum Gasteiger partial charge on any atom is -0.389 e. The van der Waals surface area contributed by atoms with E-state index in [2.05, 4.69) is 21.2 Å². The van der Waals surface area contributed by atoms with Gasteiger partial charge in [-0.2, -0.15) is 0 Å². The van der Waals surface area contributed by atoms with Crippen molar-refractivity contribution in [1.29, 1.82) is 0 Å². The van der Waals surface area contributed by atoms with Crippen molar-refractivity contribution in [2.75, 3.05) is 5.32 Å². The van der Waals surface area contributed by atoms with Gasteiger partial charge in [0.1, 0.15) is 0 Å². The van der Waals surface area contributed by atoms with Gasteiger partial charge in [-0.15, -0.1) is 0 Å². The molecule has 0 saturated heterocycles. The van der Waals surface area contributed by atoms with Crippen LogP contribution >= 0.6 is 15.9 Å². The van der Waals surface area contributed by atoms with Gasteiger partial charge < -0.3 is 10.4 Å². The molecule has 1 atom stereocenters. The van der Waals surface area contributed by atoms with Crippen molar-refractivity contribution in [3.63, 3.8) is 0 Å². The van der Waals surface area contributed by atoms with Crippen molar-refractivity contribution in [3.8, 4) is 0 Å². The van der Waals surface area contributed by atoms with E-state index in [1.807, 2.05) is 31.2 Å². The number of carbonyl (C=O) groups excluding carboxylic acids is 1. The van der Waals surface area contributed by atoms with Crippen molar-refractivity contribution in [1.82, 2.24) is 0 Å². The fourth-order valence-electron chi connectivity index (χ4n) is 1.96. The van der Waals surface area contributed by atoms with Crippen LogP contribution in [0.4, 0.5) is 5.69 Å². The smallest absolute Gasteiger partial charge is 0.255 e. The van der Waals surface area contributed by atoms with Gasteiger partial charge in [0.05, 0.1) is 6.10 Å². The summed E-state index contributed by atoms with van der Waals surface area (Å²) in [5.74, 6) is -0.186. The van der Waals surface area contributed by atoms with Gasteiger partial charge in [-0.25, -0.2) is 0 Å². The van der Waals surface area contributed by atoms with Gasteiger partial charge in [0.2, 0.25) is 0 Å². The highest BCUT2D eigenvalue weighted by Gasteiger charge is 2.12. The molecule has 104 valence electrons. The zero-order chi connectivity index (χ0) is 14.7. The van der Waals surface area contributed by atoms with E-state index < -0.39 is 6.10 Å². The number of aliphatic hydroxyl groups excluding tert-OH is 1. The Morgan fingerprint density at radius 2 is 1.95 bits per heavy atom. The van der Waals surface area contributed by atoms with E-state index in [1.165, 1.54) is 0 Å². The second-order valence-corrected chi connectivity index (χ2v) is 5.54. The molecule has 4 heteroatoms. The normalized spacial score (nSPS) is 12.0. The second kappa shape index (κ2) is 6.20. The third-order valence-electron chi connectivity index (χ3n) is 3.08. The lowest BCUT2D eigenvalue weighted by molar-refractivity contribution is 0.102. The van der Waals surface area contributed by atoms with Crippen LogP contribution in [0.15, 0.2) is 46.9 Å². The number of aliphatic hydroxyl groups is 1. The quantitative estimate of drug-likeness (QED) is 0.889. The molecule has 20 heavy (non-hydrogen) atoms. The maximum Gasteiger partial charge on any atom is 0.255 e. The number of halogens is 1. The summed E-state index contributed by atoms with van der Waals surface area (Å²) in [5, 5.41) is 12.6.